The number of aromatic carboxylic acids is 1. The van der Waals surface area contributed by atoms with Crippen molar-refractivity contribution >= 4 is 5.97 Å². The normalized spacial score (nSPS) is 10.0. The molecule has 1 aromatic carbocycles. The van der Waals surface area contributed by atoms with E-state index >= 15 is 0 Å². The summed E-state index contributed by atoms with van der Waals surface area (Å²) in [5.41, 5.74) is -0.189. The molecule has 0 aliphatic heterocycles. The van der Waals surface area contributed by atoms with E-state index in [2.05, 4.69) is 0 Å². The van der Waals surface area contributed by atoms with Crippen LogP contribution in [0.25, 0.3) is 0 Å². The molecule has 0 amide bonds. The van der Waals surface area contributed by atoms with Gasteiger partial charge in [-0.2, -0.15) is 0 Å². The second-order valence-corrected chi connectivity index (χ2v) is 2.76. The number of para-hydroxylation sites is 1. The Labute approximate surface area is 86.2 Å². The number of ether oxygens (including phenoxy) is 2. The molecule has 4 nitrogen and oxygen atoms in total. The fourth-order valence-corrected chi connectivity index (χ4v) is 1.05. The van der Waals surface area contributed by atoms with Gasteiger partial charge in [-0.3, -0.25) is 0 Å². The van der Waals surface area contributed by atoms with Crippen LogP contribution in [0.1, 0.15) is 10.4 Å². The van der Waals surface area contributed by atoms with Crippen LogP contribution in [0, 0.1) is 5.82 Å². The first-order chi connectivity index (χ1) is 7.16. The molecule has 0 aliphatic carbocycles. The van der Waals surface area contributed by atoms with Crippen molar-refractivity contribution in [3.63, 3.8) is 0 Å². The van der Waals surface area contributed by atoms with Crippen LogP contribution in [0.4, 0.5) is 4.39 Å². The van der Waals surface area contributed by atoms with Gasteiger partial charge in [0, 0.05) is 7.11 Å². The quantitative estimate of drug-likeness (QED) is 0.755. The fourth-order valence-electron chi connectivity index (χ4n) is 1.05. The minimum absolute atomic E-state index is 0.109. The Bertz CT molecular complexity index is 351. The number of carbonyl (C=O) groups is 1. The van der Waals surface area contributed by atoms with E-state index in [4.69, 9.17) is 14.6 Å². The molecular formula is C10H11FO4. The molecular weight excluding hydrogens is 203 g/mol. The minimum Gasteiger partial charge on any atom is -0.487 e. The van der Waals surface area contributed by atoms with Gasteiger partial charge in [0.2, 0.25) is 0 Å². The van der Waals surface area contributed by atoms with Crippen LogP contribution in [-0.2, 0) is 4.74 Å². The van der Waals surface area contributed by atoms with E-state index in [0.29, 0.717) is 0 Å². The first-order valence-electron chi connectivity index (χ1n) is 4.30. The van der Waals surface area contributed by atoms with E-state index in [1.54, 1.807) is 0 Å². The summed E-state index contributed by atoms with van der Waals surface area (Å²) in [6.45, 7) is 0.380. The van der Waals surface area contributed by atoms with Gasteiger partial charge in [-0.1, -0.05) is 6.07 Å². The predicted octanol–water partition coefficient (Wildman–Crippen LogP) is 1.55. The Morgan fingerprint density at radius 2 is 2.20 bits per heavy atom. The summed E-state index contributed by atoms with van der Waals surface area (Å²) < 4.78 is 22.9. The van der Waals surface area contributed by atoms with Gasteiger partial charge in [0.05, 0.1) is 6.61 Å². The maximum Gasteiger partial charge on any atom is 0.339 e. The number of carboxylic acids is 1. The summed E-state index contributed by atoms with van der Waals surface area (Å²) in [5, 5.41) is 8.77. The average Bonchev–Trinajstić information content (AvgIpc) is 2.20. The number of methoxy groups -OCH3 is 1. The van der Waals surface area contributed by atoms with Crippen LogP contribution < -0.4 is 4.74 Å². The molecule has 1 aromatic rings. The maximum absolute atomic E-state index is 13.2. The highest BCUT2D eigenvalue weighted by Crippen LogP contribution is 2.22. The standard InChI is InChI=1S/C10H11FO4/c1-14-5-6-15-9-7(10(12)13)3-2-4-8(9)11/h2-4H,5-6H2,1H3,(H,12,13). The van der Waals surface area contributed by atoms with Gasteiger partial charge in [0.1, 0.15) is 12.2 Å². The molecule has 0 fully saturated rings. The Kier molecular flexibility index (Phi) is 4.05. The minimum atomic E-state index is -1.22. The lowest BCUT2D eigenvalue weighted by atomic mass is 10.2. The highest BCUT2D eigenvalue weighted by atomic mass is 19.1. The summed E-state index contributed by atoms with van der Waals surface area (Å²) in [5.74, 6) is -2.16. The first kappa shape index (κ1) is 11.5. The SMILES string of the molecule is COCCOc1c(F)cccc1C(=O)O. The Hall–Kier alpha value is -1.62. The highest BCUT2D eigenvalue weighted by molar-refractivity contribution is 5.90. The number of halogens is 1. The topological polar surface area (TPSA) is 55.8 Å². The molecule has 0 aliphatic rings. The van der Waals surface area contributed by atoms with Crippen LogP contribution in [0.3, 0.4) is 0 Å². The third kappa shape index (κ3) is 2.92. The van der Waals surface area contributed by atoms with Crippen molar-refractivity contribution in [1.82, 2.24) is 0 Å². The van der Waals surface area contributed by atoms with E-state index in [1.807, 2.05) is 0 Å². The van der Waals surface area contributed by atoms with Gasteiger partial charge < -0.3 is 14.6 Å². The second-order valence-electron chi connectivity index (χ2n) is 2.76. The molecule has 0 bridgehead atoms. The van der Waals surface area contributed by atoms with Crippen molar-refractivity contribution in [2.24, 2.45) is 0 Å². The fraction of sp³-hybridized carbons (Fsp3) is 0.300. The van der Waals surface area contributed by atoms with Crippen molar-refractivity contribution in [3.05, 3.63) is 29.6 Å². The lowest BCUT2D eigenvalue weighted by molar-refractivity contribution is 0.0688. The molecule has 5 heteroatoms. The molecule has 0 radical (unpaired) electrons. The zero-order chi connectivity index (χ0) is 11.3. The van der Waals surface area contributed by atoms with E-state index in [1.165, 1.54) is 19.2 Å². The van der Waals surface area contributed by atoms with Crippen LogP contribution in [0.5, 0.6) is 5.75 Å². The summed E-state index contributed by atoms with van der Waals surface area (Å²) in [6.07, 6.45) is 0. The molecule has 0 spiro atoms. The molecule has 82 valence electrons. The Morgan fingerprint density at radius 1 is 1.47 bits per heavy atom. The van der Waals surface area contributed by atoms with Crippen molar-refractivity contribution in [2.75, 3.05) is 20.3 Å². The third-order valence-corrected chi connectivity index (χ3v) is 1.73. The van der Waals surface area contributed by atoms with Crippen LogP contribution in [0.2, 0.25) is 0 Å². The van der Waals surface area contributed by atoms with Crippen molar-refractivity contribution in [3.8, 4) is 5.75 Å². The van der Waals surface area contributed by atoms with Gasteiger partial charge in [-0.25, -0.2) is 9.18 Å². The second kappa shape index (κ2) is 5.31. The van der Waals surface area contributed by atoms with Crippen molar-refractivity contribution in [1.29, 1.82) is 0 Å². The largest absolute Gasteiger partial charge is 0.487 e. The summed E-state index contributed by atoms with van der Waals surface area (Å²) in [4.78, 5) is 10.7. The van der Waals surface area contributed by atoms with Gasteiger partial charge in [0.15, 0.2) is 11.6 Å². The summed E-state index contributed by atoms with van der Waals surface area (Å²) >= 11 is 0. The zero-order valence-corrected chi connectivity index (χ0v) is 8.20. The molecule has 0 saturated heterocycles. The number of hydrogen-bond donors (Lipinski definition) is 1. The van der Waals surface area contributed by atoms with Crippen molar-refractivity contribution < 1.29 is 23.8 Å². The summed E-state index contributed by atoms with van der Waals surface area (Å²) in [6, 6.07) is 3.75. The van der Waals surface area contributed by atoms with E-state index in [-0.39, 0.29) is 24.5 Å². The predicted molar refractivity (Wildman–Crippen MR) is 50.7 cm³/mol. The van der Waals surface area contributed by atoms with E-state index in [0.717, 1.165) is 6.07 Å². The Morgan fingerprint density at radius 3 is 2.80 bits per heavy atom. The molecule has 15 heavy (non-hydrogen) atoms. The van der Waals surface area contributed by atoms with Crippen LogP contribution in [-0.4, -0.2) is 31.4 Å². The lowest BCUT2D eigenvalue weighted by Crippen LogP contribution is -2.09. The summed E-state index contributed by atoms with van der Waals surface area (Å²) in [7, 11) is 1.48. The number of carboxylic acid groups (broad SMARTS) is 1. The molecule has 1 rings (SSSR count). The monoisotopic (exact) mass is 214 g/mol. The lowest BCUT2D eigenvalue weighted by Gasteiger charge is -2.09. The first-order valence-corrected chi connectivity index (χ1v) is 4.30. The van der Waals surface area contributed by atoms with Crippen molar-refractivity contribution in [2.45, 2.75) is 0 Å². The molecule has 1 N–H and O–H groups in total. The Balaban J connectivity index is 2.87. The smallest absolute Gasteiger partial charge is 0.339 e. The van der Waals surface area contributed by atoms with Gasteiger partial charge in [-0.15, -0.1) is 0 Å². The van der Waals surface area contributed by atoms with Crippen LogP contribution in [0.15, 0.2) is 18.2 Å². The van der Waals surface area contributed by atoms with Gasteiger partial charge >= 0.3 is 5.97 Å². The number of rotatable bonds is 5. The average molecular weight is 214 g/mol. The van der Waals surface area contributed by atoms with E-state index in [9.17, 15) is 9.18 Å². The number of benzene rings is 1. The molecule has 0 aromatic heterocycles. The molecule has 0 atom stereocenters. The molecule has 0 saturated carbocycles. The third-order valence-electron chi connectivity index (χ3n) is 1.73. The van der Waals surface area contributed by atoms with Gasteiger partial charge in [-0.05, 0) is 12.1 Å². The maximum atomic E-state index is 13.2. The van der Waals surface area contributed by atoms with E-state index < -0.39 is 11.8 Å². The zero-order valence-electron chi connectivity index (χ0n) is 8.20. The number of hydrogen-bond acceptors (Lipinski definition) is 3. The highest BCUT2D eigenvalue weighted by Gasteiger charge is 2.15. The molecule has 0 heterocycles. The van der Waals surface area contributed by atoms with Crippen LogP contribution >= 0.6 is 0 Å². The molecule has 0 unspecified atom stereocenters. The van der Waals surface area contributed by atoms with Gasteiger partial charge in [0.25, 0.3) is 0 Å².